The zero-order valence-electron chi connectivity index (χ0n) is 29.2. The van der Waals surface area contributed by atoms with Gasteiger partial charge in [-0.2, -0.15) is 0 Å². The van der Waals surface area contributed by atoms with Crippen molar-refractivity contribution in [3.05, 3.63) is 106 Å². The molecule has 0 saturated heterocycles. The molecule has 1 heterocycles. The van der Waals surface area contributed by atoms with Crippen molar-refractivity contribution in [3.8, 4) is 0 Å². The normalized spacial score (nSPS) is 13.6. The summed E-state index contributed by atoms with van der Waals surface area (Å²) in [6, 6.07) is 20.2. The zero-order valence-corrected chi connectivity index (χ0v) is 29.2. The van der Waals surface area contributed by atoms with Crippen LogP contribution in [0, 0.1) is 5.92 Å². The number of imidazole rings is 1. The number of aromatic amines is 2. The van der Waals surface area contributed by atoms with Crippen molar-refractivity contribution in [3.63, 3.8) is 0 Å². The lowest BCUT2D eigenvalue weighted by Gasteiger charge is -2.27. The number of nitrogens with one attached hydrogen (secondary N) is 6. The molecular weight excluding hydrogens is 648 g/mol. The number of H-pyrrole nitrogens is 2. The fourth-order valence-corrected chi connectivity index (χ4v) is 5.81. The maximum Gasteiger partial charge on any atom is 0.323 e. The first-order valence-electron chi connectivity index (χ1n) is 17.5. The number of amides is 4. The highest BCUT2D eigenvalue weighted by Crippen LogP contribution is 2.12. The SMILES string of the molecule is CC(C)C[C@@H](NC(=O)[C@@H](Cc1ccccc1)NC(=O)[C@H](N)Cc1ccccc1)C(=O)N[C@H](CCCCN)C(=O)NCc1ccc2[nH]c(=O)[nH]c2c1. The van der Waals surface area contributed by atoms with Crippen LogP contribution in [0.1, 0.15) is 56.2 Å². The zero-order chi connectivity index (χ0) is 36.8. The van der Waals surface area contributed by atoms with Crippen LogP contribution in [-0.4, -0.2) is 64.3 Å². The highest BCUT2D eigenvalue weighted by atomic mass is 16.2. The molecule has 13 nitrogen and oxygen atoms in total. The van der Waals surface area contributed by atoms with E-state index in [0.29, 0.717) is 49.7 Å². The van der Waals surface area contributed by atoms with Gasteiger partial charge in [-0.25, -0.2) is 4.79 Å². The third-order valence-corrected chi connectivity index (χ3v) is 8.52. The lowest BCUT2D eigenvalue weighted by Crippen LogP contribution is -2.58. The van der Waals surface area contributed by atoms with Gasteiger partial charge in [-0.3, -0.25) is 19.2 Å². The number of fused-ring (bicyclic) bond motifs is 1. The minimum Gasteiger partial charge on any atom is -0.350 e. The molecule has 0 spiro atoms. The minimum atomic E-state index is -1.01. The molecule has 13 heteroatoms. The average molecular weight is 699 g/mol. The van der Waals surface area contributed by atoms with Gasteiger partial charge in [-0.05, 0) is 73.4 Å². The fraction of sp³-hybridized carbons (Fsp3) is 0.395. The lowest BCUT2D eigenvalue weighted by molar-refractivity contribution is -0.134. The van der Waals surface area contributed by atoms with Gasteiger partial charge in [-0.15, -0.1) is 0 Å². The van der Waals surface area contributed by atoms with E-state index >= 15 is 0 Å². The van der Waals surface area contributed by atoms with E-state index in [9.17, 15) is 24.0 Å². The Morgan fingerprint density at radius 3 is 1.90 bits per heavy atom. The van der Waals surface area contributed by atoms with E-state index in [2.05, 4.69) is 31.2 Å². The van der Waals surface area contributed by atoms with Crippen LogP contribution in [0.3, 0.4) is 0 Å². The van der Waals surface area contributed by atoms with E-state index in [1.165, 1.54) is 0 Å². The Morgan fingerprint density at radius 1 is 0.667 bits per heavy atom. The largest absolute Gasteiger partial charge is 0.350 e. The maximum atomic E-state index is 13.9. The maximum absolute atomic E-state index is 13.9. The number of hydrogen-bond donors (Lipinski definition) is 8. The summed E-state index contributed by atoms with van der Waals surface area (Å²) in [5.41, 5.74) is 15.4. The van der Waals surface area contributed by atoms with Crippen molar-refractivity contribution in [2.24, 2.45) is 17.4 Å². The van der Waals surface area contributed by atoms with E-state index in [1.54, 1.807) is 18.2 Å². The molecule has 1 aromatic heterocycles. The van der Waals surface area contributed by atoms with Gasteiger partial charge in [0.05, 0.1) is 17.1 Å². The number of hydrogen-bond acceptors (Lipinski definition) is 7. The van der Waals surface area contributed by atoms with Crippen molar-refractivity contribution < 1.29 is 19.2 Å². The summed E-state index contributed by atoms with van der Waals surface area (Å²) < 4.78 is 0. The van der Waals surface area contributed by atoms with Gasteiger partial charge < -0.3 is 42.7 Å². The number of nitrogens with two attached hydrogens (primary N) is 2. The molecule has 4 rings (SSSR count). The Kier molecular flexibility index (Phi) is 14.5. The Morgan fingerprint density at radius 2 is 1.25 bits per heavy atom. The van der Waals surface area contributed by atoms with Gasteiger partial charge in [0.2, 0.25) is 23.6 Å². The van der Waals surface area contributed by atoms with Crippen LogP contribution in [-0.2, 0) is 38.6 Å². The molecule has 272 valence electrons. The molecule has 0 saturated carbocycles. The van der Waals surface area contributed by atoms with E-state index < -0.39 is 41.9 Å². The molecule has 0 aliphatic heterocycles. The van der Waals surface area contributed by atoms with Crippen molar-refractivity contribution >= 4 is 34.7 Å². The second-order valence-electron chi connectivity index (χ2n) is 13.3. The summed E-state index contributed by atoms with van der Waals surface area (Å²) in [6.45, 7) is 4.47. The van der Waals surface area contributed by atoms with Gasteiger partial charge in [0.1, 0.15) is 18.1 Å². The van der Waals surface area contributed by atoms with Crippen LogP contribution in [0.2, 0.25) is 0 Å². The average Bonchev–Trinajstić information content (AvgIpc) is 3.49. The van der Waals surface area contributed by atoms with Crippen LogP contribution in [0.25, 0.3) is 11.0 Å². The van der Waals surface area contributed by atoms with Crippen LogP contribution in [0.5, 0.6) is 0 Å². The first-order valence-corrected chi connectivity index (χ1v) is 17.5. The van der Waals surface area contributed by atoms with Crippen LogP contribution in [0.15, 0.2) is 83.7 Å². The minimum absolute atomic E-state index is 0.0156. The molecular formula is C38H50N8O5. The highest BCUT2D eigenvalue weighted by molar-refractivity contribution is 5.95. The van der Waals surface area contributed by atoms with Crippen LogP contribution in [0.4, 0.5) is 0 Å². The number of benzene rings is 3. The molecule has 3 aromatic carbocycles. The topological polar surface area (TPSA) is 217 Å². The van der Waals surface area contributed by atoms with E-state index in [0.717, 1.165) is 16.7 Å². The summed E-state index contributed by atoms with van der Waals surface area (Å²) in [5.74, 6) is -1.91. The molecule has 4 amide bonds. The Bertz CT molecular complexity index is 1790. The second kappa shape index (κ2) is 19.2. The summed E-state index contributed by atoms with van der Waals surface area (Å²) in [5, 5.41) is 11.4. The number of carbonyl (C=O) groups excluding carboxylic acids is 4. The first-order chi connectivity index (χ1) is 24.5. The van der Waals surface area contributed by atoms with Gasteiger partial charge in [0.15, 0.2) is 0 Å². The van der Waals surface area contributed by atoms with Crippen molar-refractivity contribution in [2.75, 3.05) is 6.54 Å². The van der Waals surface area contributed by atoms with Crippen molar-refractivity contribution in [2.45, 2.75) is 83.1 Å². The van der Waals surface area contributed by atoms with Gasteiger partial charge in [0, 0.05) is 13.0 Å². The summed E-state index contributed by atoms with van der Waals surface area (Å²) in [6.07, 6.45) is 2.37. The standard InChI is InChI=1S/C38H50N8O5/c1-24(2)19-32(36(49)42-30(15-9-10-18-39)35(48)41-23-27-16-17-29-31(22-27)46-38(51)45-29)44-37(50)33(21-26-13-7-4-8-14-26)43-34(47)28(40)20-25-11-5-3-6-12-25/h3-8,11-14,16-17,22,24,28,30,32-33H,9-10,15,18-21,23,39-40H2,1-2H3,(H,41,48)(H,42,49)(H,43,47)(H,44,50)(H2,45,46,51)/t28-,30-,32-,33-/m1/s1. The van der Waals surface area contributed by atoms with E-state index in [1.807, 2.05) is 74.5 Å². The molecule has 0 aliphatic rings. The number of rotatable bonds is 19. The fourth-order valence-electron chi connectivity index (χ4n) is 5.81. The second-order valence-corrected chi connectivity index (χ2v) is 13.3. The van der Waals surface area contributed by atoms with Crippen LogP contribution < -0.4 is 38.4 Å². The molecule has 51 heavy (non-hydrogen) atoms. The summed E-state index contributed by atoms with van der Waals surface area (Å²) in [7, 11) is 0. The smallest absolute Gasteiger partial charge is 0.323 e. The molecule has 0 bridgehead atoms. The van der Waals surface area contributed by atoms with Crippen LogP contribution >= 0.6 is 0 Å². The first kappa shape index (κ1) is 38.5. The molecule has 4 atom stereocenters. The quantitative estimate of drug-likeness (QED) is 0.0680. The molecule has 0 fully saturated rings. The summed E-state index contributed by atoms with van der Waals surface area (Å²) in [4.78, 5) is 71.4. The predicted molar refractivity (Wildman–Crippen MR) is 197 cm³/mol. The van der Waals surface area contributed by atoms with Gasteiger partial charge >= 0.3 is 5.69 Å². The Hall–Kier alpha value is -5.27. The number of carbonyl (C=O) groups is 4. The third kappa shape index (κ3) is 12.2. The molecule has 0 unspecified atom stereocenters. The van der Waals surface area contributed by atoms with Crippen molar-refractivity contribution in [1.29, 1.82) is 0 Å². The third-order valence-electron chi connectivity index (χ3n) is 8.52. The summed E-state index contributed by atoms with van der Waals surface area (Å²) >= 11 is 0. The Balaban J connectivity index is 1.46. The lowest BCUT2D eigenvalue weighted by atomic mass is 9.99. The van der Waals surface area contributed by atoms with Gasteiger partial charge in [0.25, 0.3) is 0 Å². The monoisotopic (exact) mass is 698 g/mol. The Labute approximate surface area is 297 Å². The number of aromatic nitrogens is 2. The molecule has 0 radical (unpaired) electrons. The predicted octanol–water partition coefficient (Wildman–Crippen LogP) is 1.91. The van der Waals surface area contributed by atoms with Crippen molar-refractivity contribution in [1.82, 2.24) is 31.2 Å². The van der Waals surface area contributed by atoms with E-state index in [-0.39, 0.29) is 30.5 Å². The molecule has 4 aromatic rings. The molecule has 0 aliphatic carbocycles. The molecule has 10 N–H and O–H groups in total. The highest BCUT2D eigenvalue weighted by Gasteiger charge is 2.31. The number of unbranched alkanes of at least 4 members (excludes halogenated alkanes) is 1. The van der Waals surface area contributed by atoms with Gasteiger partial charge in [-0.1, -0.05) is 80.6 Å². The van der Waals surface area contributed by atoms with E-state index in [4.69, 9.17) is 11.5 Å².